The fourth-order valence-corrected chi connectivity index (χ4v) is 2.71. The van der Waals surface area contributed by atoms with E-state index in [0.29, 0.717) is 12.3 Å². The minimum atomic E-state index is 0.113. The Morgan fingerprint density at radius 3 is 2.62 bits per heavy atom. The van der Waals surface area contributed by atoms with Crippen LogP contribution in [0.5, 0.6) is 5.75 Å². The van der Waals surface area contributed by atoms with Crippen LogP contribution < -0.4 is 10.5 Å². The largest absolute Gasteiger partial charge is 0.491 e. The van der Waals surface area contributed by atoms with Gasteiger partial charge in [-0.1, -0.05) is 18.2 Å². The predicted molar refractivity (Wildman–Crippen MR) is 84.3 cm³/mol. The van der Waals surface area contributed by atoms with E-state index in [2.05, 4.69) is 0 Å². The second-order valence-corrected chi connectivity index (χ2v) is 6.01. The number of nitrogens with zero attached hydrogens (tertiary/aromatic N) is 1. The molecule has 1 fully saturated rings. The molecule has 4 heteroatoms. The van der Waals surface area contributed by atoms with E-state index >= 15 is 0 Å². The van der Waals surface area contributed by atoms with Crippen LogP contribution in [0.1, 0.15) is 32.3 Å². The van der Waals surface area contributed by atoms with Crippen LogP contribution in [0.2, 0.25) is 0 Å². The Labute approximate surface area is 127 Å². The number of piperidine rings is 1. The molecule has 1 aromatic carbocycles. The maximum Gasteiger partial charge on any atom is 0.227 e. The number of hydrogen-bond acceptors (Lipinski definition) is 3. The molecule has 0 spiro atoms. The van der Waals surface area contributed by atoms with E-state index in [0.717, 1.165) is 43.8 Å². The summed E-state index contributed by atoms with van der Waals surface area (Å²) in [5.41, 5.74) is 6.66. The van der Waals surface area contributed by atoms with Crippen molar-refractivity contribution in [3.8, 4) is 5.75 Å². The molecule has 1 saturated heterocycles. The minimum absolute atomic E-state index is 0.113. The maximum absolute atomic E-state index is 12.4. The van der Waals surface area contributed by atoms with Crippen LogP contribution in [0, 0.1) is 5.92 Å². The number of carbonyl (C=O) groups is 1. The first-order valence-electron chi connectivity index (χ1n) is 7.82. The van der Waals surface area contributed by atoms with E-state index < -0.39 is 0 Å². The second kappa shape index (κ2) is 7.46. The van der Waals surface area contributed by atoms with Crippen molar-refractivity contribution in [2.24, 2.45) is 11.7 Å². The summed E-state index contributed by atoms with van der Waals surface area (Å²) in [6.45, 7) is 6.38. The molecule has 0 saturated carbocycles. The van der Waals surface area contributed by atoms with Gasteiger partial charge in [0.1, 0.15) is 5.75 Å². The van der Waals surface area contributed by atoms with Crippen LogP contribution in [0.4, 0.5) is 0 Å². The van der Waals surface area contributed by atoms with Crippen molar-refractivity contribution in [3.05, 3.63) is 29.8 Å². The lowest BCUT2D eigenvalue weighted by Gasteiger charge is -2.31. The number of carbonyl (C=O) groups excluding carboxylic acids is 1. The number of nitrogens with two attached hydrogens (primary N) is 1. The average molecular weight is 290 g/mol. The Morgan fingerprint density at radius 2 is 2.00 bits per heavy atom. The van der Waals surface area contributed by atoms with Gasteiger partial charge >= 0.3 is 0 Å². The number of benzene rings is 1. The maximum atomic E-state index is 12.4. The van der Waals surface area contributed by atoms with Gasteiger partial charge in [0.05, 0.1) is 12.5 Å². The number of para-hydroxylation sites is 1. The molecule has 1 amide bonds. The first-order chi connectivity index (χ1) is 10.1. The molecule has 0 aliphatic carbocycles. The number of hydrogen-bond donors (Lipinski definition) is 1. The molecule has 4 nitrogen and oxygen atoms in total. The van der Waals surface area contributed by atoms with Crippen molar-refractivity contribution in [1.82, 2.24) is 4.90 Å². The molecule has 21 heavy (non-hydrogen) atoms. The molecule has 0 atom stereocenters. The number of rotatable bonds is 5. The molecule has 0 aromatic heterocycles. The van der Waals surface area contributed by atoms with Gasteiger partial charge in [0, 0.05) is 18.7 Å². The Morgan fingerprint density at radius 1 is 1.33 bits per heavy atom. The summed E-state index contributed by atoms with van der Waals surface area (Å²) in [7, 11) is 0. The lowest BCUT2D eigenvalue weighted by Crippen LogP contribution is -2.40. The highest BCUT2D eigenvalue weighted by Crippen LogP contribution is 2.22. The zero-order valence-electron chi connectivity index (χ0n) is 13.0. The van der Waals surface area contributed by atoms with Crippen molar-refractivity contribution in [2.45, 2.75) is 39.2 Å². The summed E-state index contributed by atoms with van der Waals surface area (Å²) in [4.78, 5) is 14.4. The van der Waals surface area contributed by atoms with Gasteiger partial charge in [-0.05, 0) is 45.2 Å². The van der Waals surface area contributed by atoms with Crippen LogP contribution >= 0.6 is 0 Å². The molecule has 2 rings (SSSR count). The molecule has 1 aliphatic rings. The third-order valence-electron chi connectivity index (χ3n) is 3.98. The summed E-state index contributed by atoms with van der Waals surface area (Å²) < 4.78 is 5.78. The summed E-state index contributed by atoms with van der Waals surface area (Å²) in [6.07, 6.45) is 2.57. The van der Waals surface area contributed by atoms with Gasteiger partial charge in [0.15, 0.2) is 0 Å². The summed E-state index contributed by atoms with van der Waals surface area (Å²) in [5, 5.41) is 0. The summed E-state index contributed by atoms with van der Waals surface area (Å²) >= 11 is 0. The molecule has 0 bridgehead atoms. The lowest BCUT2D eigenvalue weighted by molar-refractivity contribution is -0.131. The highest BCUT2D eigenvalue weighted by Gasteiger charge is 2.22. The van der Waals surface area contributed by atoms with E-state index in [-0.39, 0.29) is 12.0 Å². The zero-order chi connectivity index (χ0) is 15.2. The highest BCUT2D eigenvalue weighted by molar-refractivity contribution is 5.79. The number of amides is 1. The van der Waals surface area contributed by atoms with E-state index in [9.17, 15) is 4.79 Å². The molecule has 0 radical (unpaired) electrons. The van der Waals surface area contributed by atoms with Crippen molar-refractivity contribution in [1.29, 1.82) is 0 Å². The van der Waals surface area contributed by atoms with Crippen LogP contribution in [0.3, 0.4) is 0 Å². The van der Waals surface area contributed by atoms with Gasteiger partial charge in [-0.2, -0.15) is 0 Å². The molecule has 116 valence electrons. The second-order valence-electron chi connectivity index (χ2n) is 6.01. The average Bonchev–Trinajstić information content (AvgIpc) is 2.49. The Bertz CT molecular complexity index is 466. The standard InChI is InChI=1S/C17H26N2O2/c1-13(2)21-16-6-4-3-5-15(16)11-17(20)19-9-7-14(12-18)8-10-19/h3-6,13-14H,7-12,18H2,1-2H3. The Hall–Kier alpha value is -1.55. The molecule has 1 aliphatic heterocycles. The molecule has 1 aromatic rings. The SMILES string of the molecule is CC(C)Oc1ccccc1CC(=O)N1CCC(CN)CC1. The molecule has 2 N–H and O–H groups in total. The van der Waals surface area contributed by atoms with Crippen molar-refractivity contribution >= 4 is 5.91 Å². The molecule has 0 unspecified atom stereocenters. The number of likely N-dealkylation sites (tertiary alicyclic amines) is 1. The van der Waals surface area contributed by atoms with E-state index in [4.69, 9.17) is 10.5 Å². The first kappa shape index (κ1) is 15.8. The monoisotopic (exact) mass is 290 g/mol. The van der Waals surface area contributed by atoms with Crippen LogP contribution in [-0.4, -0.2) is 36.5 Å². The van der Waals surface area contributed by atoms with Gasteiger partial charge < -0.3 is 15.4 Å². The van der Waals surface area contributed by atoms with Crippen LogP contribution in [0.25, 0.3) is 0 Å². The number of ether oxygens (including phenoxy) is 1. The van der Waals surface area contributed by atoms with Gasteiger partial charge in [-0.15, -0.1) is 0 Å². The predicted octanol–water partition coefficient (Wildman–Crippen LogP) is 2.21. The fourth-order valence-electron chi connectivity index (χ4n) is 2.71. The summed E-state index contributed by atoms with van der Waals surface area (Å²) in [5.74, 6) is 1.58. The topological polar surface area (TPSA) is 55.6 Å². The molecule has 1 heterocycles. The van der Waals surface area contributed by atoms with Gasteiger partial charge in [0.2, 0.25) is 5.91 Å². The van der Waals surface area contributed by atoms with Gasteiger partial charge in [-0.3, -0.25) is 4.79 Å². The first-order valence-corrected chi connectivity index (χ1v) is 7.82. The van der Waals surface area contributed by atoms with Gasteiger partial charge in [-0.25, -0.2) is 0 Å². The molecular weight excluding hydrogens is 264 g/mol. The van der Waals surface area contributed by atoms with Crippen LogP contribution in [0.15, 0.2) is 24.3 Å². The van der Waals surface area contributed by atoms with Crippen molar-refractivity contribution < 1.29 is 9.53 Å². The zero-order valence-corrected chi connectivity index (χ0v) is 13.0. The van der Waals surface area contributed by atoms with Gasteiger partial charge in [0.25, 0.3) is 0 Å². The third kappa shape index (κ3) is 4.46. The third-order valence-corrected chi connectivity index (χ3v) is 3.98. The van der Waals surface area contributed by atoms with E-state index in [1.165, 1.54) is 0 Å². The van der Waals surface area contributed by atoms with E-state index in [1.807, 2.05) is 43.0 Å². The van der Waals surface area contributed by atoms with Crippen molar-refractivity contribution in [3.63, 3.8) is 0 Å². The van der Waals surface area contributed by atoms with Crippen molar-refractivity contribution in [2.75, 3.05) is 19.6 Å². The molecular formula is C17H26N2O2. The summed E-state index contributed by atoms with van der Waals surface area (Å²) in [6, 6.07) is 7.81. The Balaban J connectivity index is 1.97. The van der Waals surface area contributed by atoms with Crippen LogP contribution in [-0.2, 0) is 11.2 Å². The Kier molecular flexibility index (Phi) is 5.62. The quantitative estimate of drug-likeness (QED) is 0.904. The smallest absolute Gasteiger partial charge is 0.227 e. The fraction of sp³-hybridized carbons (Fsp3) is 0.588. The highest BCUT2D eigenvalue weighted by atomic mass is 16.5. The van der Waals surface area contributed by atoms with E-state index in [1.54, 1.807) is 0 Å². The normalized spacial score (nSPS) is 16.3. The minimum Gasteiger partial charge on any atom is -0.491 e. The lowest BCUT2D eigenvalue weighted by atomic mass is 9.96.